The van der Waals surface area contributed by atoms with Crippen LogP contribution >= 0.6 is 11.2 Å². The Morgan fingerprint density at radius 3 is 2.86 bits per heavy atom. The summed E-state index contributed by atoms with van der Waals surface area (Å²) < 4.78 is 4.73. The number of carbonyl (C=O) groups is 1. The van der Waals surface area contributed by atoms with Gasteiger partial charge in [0, 0.05) is 0 Å². The molecule has 0 amide bonds. The molecule has 1 aromatic carbocycles. The van der Waals surface area contributed by atoms with E-state index < -0.39 is 0 Å². The van der Waals surface area contributed by atoms with E-state index in [1.165, 1.54) is 12.3 Å². The molecule has 0 aromatic heterocycles. The van der Waals surface area contributed by atoms with Gasteiger partial charge in [-0.05, 0) is 17.0 Å². The lowest BCUT2D eigenvalue weighted by molar-refractivity contribution is 0.0602. The van der Waals surface area contributed by atoms with Gasteiger partial charge in [0.15, 0.2) is 0 Å². The molecule has 0 heterocycles. The van der Waals surface area contributed by atoms with E-state index in [0.29, 0.717) is 0 Å². The van der Waals surface area contributed by atoms with Crippen LogP contribution in [0.2, 0.25) is 0 Å². The highest BCUT2D eigenvalue weighted by Gasteiger charge is 2.10. The molecule has 0 spiro atoms. The van der Waals surface area contributed by atoms with Gasteiger partial charge in [-0.2, -0.15) is 11.2 Å². The molecular formula is C10H14O2SSi. The van der Waals surface area contributed by atoms with Gasteiger partial charge in [-0.1, -0.05) is 25.1 Å². The number of benzene rings is 1. The highest BCUT2D eigenvalue weighted by atomic mass is 32.4. The SMILES string of the molecule is CCS[SiH2]c1ccccc1C(=O)OC. The van der Waals surface area contributed by atoms with Gasteiger partial charge in [-0.15, -0.1) is 0 Å². The second-order valence-corrected chi connectivity index (χ2v) is 6.91. The van der Waals surface area contributed by atoms with Crippen molar-refractivity contribution in [2.45, 2.75) is 6.92 Å². The number of ether oxygens (including phenoxy) is 1. The zero-order valence-electron chi connectivity index (χ0n) is 8.45. The van der Waals surface area contributed by atoms with E-state index in [1.807, 2.05) is 35.5 Å². The molecule has 14 heavy (non-hydrogen) atoms. The third-order valence-corrected chi connectivity index (χ3v) is 6.19. The normalized spacial score (nSPS) is 10.7. The Bertz CT molecular complexity index is 315. The van der Waals surface area contributed by atoms with Crippen LogP contribution in [-0.4, -0.2) is 27.5 Å². The van der Waals surface area contributed by atoms with E-state index in [4.69, 9.17) is 4.74 Å². The van der Waals surface area contributed by atoms with Crippen LogP contribution < -0.4 is 5.19 Å². The predicted octanol–water partition coefficient (Wildman–Crippen LogP) is 0.935. The molecule has 1 rings (SSSR count). The molecule has 0 unspecified atom stereocenters. The minimum absolute atomic E-state index is 0.218. The highest BCUT2D eigenvalue weighted by molar-refractivity contribution is 8.23. The number of methoxy groups -OCH3 is 1. The summed E-state index contributed by atoms with van der Waals surface area (Å²) in [4.78, 5) is 11.4. The van der Waals surface area contributed by atoms with Crippen molar-refractivity contribution in [2.75, 3.05) is 12.9 Å². The van der Waals surface area contributed by atoms with Gasteiger partial charge in [0.05, 0.1) is 12.7 Å². The van der Waals surface area contributed by atoms with E-state index >= 15 is 0 Å². The van der Waals surface area contributed by atoms with Gasteiger partial charge in [0.25, 0.3) is 0 Å². The first kappa shape index (κ1) is 11.3. The molecule has 76 valence electrons. The minimum Gasteiger partial charge on any atom is -0.465 e. The van der Waals surface area contributed by atoms with Gasteiger partial charge < -0.3 is 4.74 Å². The Morgan fingerprint density at radius 1 is 1.50 bits per heavy atom. The smallest absolute Gasteiger partial charge is 0.337 e. The summed E-state index contributed by atoms with van der Waals surface area (Å²) in [6.45, 7) is 2.14. The molecule has 4 heteroatoms. The van der Waals surface area contributed by atoms with Crippen LogP contribution in [0.3, 0.4) is 0 Å². The molecule has 0 bridgehead atoms. The number of rotatable bonds is 4. The second-order valence-electron chi connectivity index (χ2n) is 2.79. The molecule has 2 nitrogen and oxygen atoms in total. The van der Waals surface area contributed by atoms with Crippen LogP contribution in [0.25, 0.3) is 0 Å². The van der Waals surface area contributed by atoms with Crippen LogP contribution in [-0.2, 0) is 4.74 Å². The van der Waals surface area contributed by atoms with Crippen LogP contribution in [0.5, 0.6) is 0 Å². The van der Waals surface area contributed by atoms with Gasteiger partial charge in [0.2, 0.25) is 0 Å². The Hall–Kier alpha value is -0.743. The summed E-state index contributed by atoms with van der Waals surface area (Å²) in [5, 5.41) is 1.19. The van der Waals surface area contributed by atoms with Crippen molar-refractivity contribution >= 4 is 31.0 Å². The molecule has 0 atom stereocenters. The van der Waals surface area contributed by atoms with Crippen molar-refractivity contribution in [3.05, 3.63) is 29.8 Å². The monoisotopic (exact) mass is 226 g/mol. The Labute approximate surface area is 90.5 Å². The summed E-state index contributed by atoms with van der Waals surface area (Å²) in [5.74, 6) is 0.895. The Morgan fingerprint density at radius 2 is 2.21 bits per heavy atom. The maximum absolute atomic E-state index is 11.4. The number of esters is 1. The van der Waals surface area contributed by atoms with E-state index in [2.05, 4.69) is 6.92 Å². The fourth-order valence-electron chi connectivity index (χ4n) is 1.17. The summed E-state index contributed by atoms with van der Waals surface area (Å²) in [7, 11) is 1.05. The zero-order chi connectivity index (χ0) is 10.4. The fourth-order valence-corrected chi connectivity index (χ4v) is 4.27. The van der Waals surface area contributed by atoms with Gasteiger partial charge in [0.1, 0.15) is 8.67 Å². The lowest BCUT2D eigenvalue weighted by atomic mass is 10.2. The van der Waals surface area contributed by atoms with Crippen LogP contribution in [0.4, 0.5) is 0 Å². The summed E-state index contributed by atoms with van der Waals surface area (Å²) in [6, 6.07) is 7.72. The van der Waals surface area contributed by atoms with Gasteiger partial charge >= 0.3 is 5.97 Å². The van der Waals surface area contributed by atoms with E-state index in [9.17, 15) is 4.79 Å². The molecule has 0 radical (unpaired) electrons. The van der Waals surface area contributed by atoms with Crippen molar-refractivity contribution in [2.24, 2.45) is 0 Å². The first-order valence-corrected chi connectivity index (χ1v) is 8.13. The average molecular weight is 226 g/mol. The zero-order valence-corrected chi connectivity index (χ0v) is 10.7. The molecule has 0 fully saturated rings. The van der Waals surface area contributed by atoms with Crippen molar-refractivity contribution < 1.29 is 9.53 Å². The highest BCUT2D eigenvalue weighted by Crippen LogP contribution is 2.02. The van der Waals surface area contributed by atoms with E-state index in [1.54, 1.807) is 0 Å². The maximum atomic E-state index is 11.4. The minimum atomic E-state index is -0.377. The van der Waals surface area contributed by atoms with Crippen molar-refractivity contribution in [1.82, 2.24) is 0 Å². The number of hydrogen-bond acceptors (Lipinski definition) is 3. The average Bonchev–Trinajstić information content (AvgIpc) is 2.25. The molecule has 0 saturated carbocycles. The van der Waals surface area contributed by atoms with Crippen LogP contribution in [0.1, 0.15) is 17.3 Å². The molecule has 0 aliphatic rings. The molecule has 1 aromatic rings. The molecule has 0 saturated heterocycles. The lowest BCUT2D eigenvalue weighted by Gasteiger charge is -2.05. The Kier molecular flexibility index (Phi) is 4.76. The summed E-state index contributed by atoms with van der Waals surface area (Å²) >= 11 is 1.93. The van der Waals surface area contributed by atoms with E-state index in [-0.39, 0.29) is 14.6 Å². The van der Waals surface area contributed by atoms with E-state index in [0.717, 1.165) is 11.3 Å². The topological polar surface area (TPSA) is 26.3 Å². The fraction of sp³-hybridized carbons (Fsp3) is 0.300. The Balaban J connectivity index is 2.85. The summed E-state index contributed by atoms with van der Waals surface area (Å²) in [5.41, 5.74) is 0.739. The predicted molar refractivity (Wildman–Crippen MR) is 64.1 cm³/mol. The second kappa shape index (κ2) is 5.88. The van der Waals surface area contributed by atoms with Gasteiger partial charge in [-0.3, -0.25) is 0 Å². The molecule has 0 aliphatic carbocycles. The first-order chi connectivity index (χ1) is 6.79. The van der Waals surface area contributed by atoms with Crippen molar-refractivity contribution in [3.8, 4) is 0 Å². The largest absolute Gasteiger partial charge is 0.465 e. The molecule has 0 N–H and O–H groups in total. The standard InChI is InChI=1S/C10H14O2SSi/c1-3-13-14-9-7-5-4-6-8(9)10(11)12-2/h4-7H,3,14H2,1-2H3. The van der Waals surface area contributed by atoms with Crippen molar-refractivity contribution in [3.63, 3.8) is 0 Å². The third kappa shape index (κ3) is 2.89. The molecular weight excluding hydrogens is 212 g/mol. The first-order valence-electron chi connectivity index (χ1n) is 4.53. The van der Waals surface area contributed by atoms with Gasteiger partial charge in [-0.25, -0.2) is 4.79 Å². The molecule has 0 aliphatic heterocycles. The maximum Gasteiger partial charge on any atom is 0.337 e. The third-order valence-electron chi connectivity index (χ3n) is 1.88. The number of hydrogen-bond donors (Lipinski definition) is 0. The lowest BCUT2D eigenvalue weighted by Crippen LogP contribution is -2.21. The number of carbonyl (C=O) groups excluding carboxylic acids is 1. The summed E-state index contributed by atoms with van der Waals surface area (Å²) in [6.07, 6.45) is 0. The van der Waals surface area contributed by atoms with Crippen molar-refractivity contribution in [1.29, 1.82) is 0 Å². The van der Waals surface area contributed by atoms with Crippen LogP contribution in [0, 0.1) is 0 Å². The van der Waals surface area contributed by atoms with Crippen LogP contribution in [0.15, 0.2) is 24.3 Å². The quantitative estimate of drug-likeness (QED) is 0.564.